The van der Waals surface area contributed by atoms with Crippen molar-refractivity contribution < 1.29 is 0 Å². The highest BCUT2D eigenvalue weighted by atomic mass is 16.1. The third-order valence-electron chi connectivity index (χ3n) is 2.43. The van der Waals surface area contributed by atoms with Crippen molar-refractivity contribution in [2.24, 2.45) is 0 Å². The molecule has 4 heteroatoms. The number of aryl methyl sites for hydroxylation is 1. The van der Waals surface area contributed by atoms with E-state index in [-0.39, 0.29) is 5.56 Å². The molecule has 1 heterocycles. The van der Waals surface area contributed by atoms with Crippen molar-refractivity contribution in [2.75, 3.05) is 12.4 Å². The van der Waals surface area contributed by atoms with Crippen molar-refractivity contribution in [3.63, 3.8) is 0 Å². The van der Waals surface area contributed by atoms with Crippen LogP contribution in [0.3, 0.4) is 0 Å². The molecule has 4 nitrogen and oxygen atoms in total. The number of nitrogens with one attached hydrogen (secondary N) is 2. The van der Waals surface area contributed by atoms with E-state index in [0.29, 0.717) is 5.95 Å². The first-order valence-electron chi connectivity index (χ1n) is 4.61. The molecule has 0 unspecified atom stereocenters. The van der Waals surface area contributed by atoms with Gasteiger partial charge in [-0.2, -0.15) is 0 Å². The summed E-state index contributed by atoms with van der Waals surface area (Å²) >= 11 is 0. The molecule has 1 aliphatic carbocycles. The van der Waals surface area contributed by atoms with Crippen LogP contribution in [-0.2, 0) is 12.8 Å². The lowest BCUT2D eigenvalue weighted by molar-refractivity contribution is 0.657. The number of aromatic amines is 1. The molecule has 0 saturated carbocycles. The fourth-order valence-electron chi connectivity index (χ4n) is 1.72. The van der Waals surface area contributed by atoms with E-state index in [1.807, 2.05) is 0 Å². The van der Waals surface area contributed by atoms with E-state index in [0.717, 1.165) is 36.9 Å². The van der Waals surface area contributed by atoms with E-state index >= 15 is 0 Å². The Hall–Kier alpha value is -1.32. The number of anilines is 1. The van der Waals surface area contributed by atoms with Crippen LogP contribution in [0.4, 0.5) is 5.95 Å². The Morgan fingerprint density at radius 3 is 2.92 bits per heavy atom. The van der Waals surface area contributed by atoms with Crippen LogP contribution >= 0.6 is 0 Å². The Labute approximate surface area is 76.4 Å². The fourth-order valence-corrected chi connectivity index (χ4v) is 1.72. The average Bonchev–Trinajstić information content (AvgIpc) is 2.18. The van der Waals surface area contributed by atoms with Crippen molar-refractivity contribution in [2.45, 2.75) is 25.7 Å². The Morgan fingerprint density at radius 1 is 1.38 bits per heavy atom. The fraction of sp³-hybridized carbons (Fsp3) is 0.556. The first kappa shape index (κ1) is 8.29. The molecule has 0 bridgehead atoms. The molecule has 70 valence electrons. The summed E-state index contributed by atoms with van der Waals surface area (Å²) in [6.07, 6.45) is 4.07. The minimum Gasteiger partial charge on any atom is -0.359 e. The minimum absolute atomic E-state index is 0.0223. The minimum atomic E-state index is 0.0223. The number of H-pyrrole nitrogens is 1. The molecule has 0 aromatic carbocycles. The van der Waals surface area contributed by atoms with Crippen LogP contribution in [0.2, 0.25) is 0 Å². The van der Waals surface area contributed by atoms with Crippen LogP contribution in [0.25, 0.3) is 0 Å². The molecule has 0 atom stereocenters. The zero-order valence-electron chi connectivity index (χ0n) is 7.68. The van der Waals surface area contributed by atoms with Gasteiger partial charge in [-0.15, -0.1) is 0 Å². The lowest BCUT2D eigenvalue weighted by atomic mass is 9.97. The number of rotatable bonds is 1. The van der Waals surface area contributed by atoms with Crippen LogP contribution in [0.1, 0.15) is 24.1 Å². The maximum absolute atomic E-state index is 11.5. The molecule has 1 aromatic heterocycles. The monoisotopic (exact) mass is 179 g/mol. The SMILES string of the molecule is CNc1nc2c(c(=O)[nH]1)CCCC2. The van der Waals surface area contributed by atoms with Crippen LogP contribution < -0.4 is 10.9 Å². The molecular formula is C9H13N3O. The second-order valence-electron chi connectivity index (χ2n) is 3.30. The number of aromatic nitrogens is 2. The number of hydrogen-bond acceptors (Lipinski definition) is 3. The van der Waals surface area contributed by atoms with Crippen LogP contribution in [0.15, 0.2) is 4.79 Å². The second kappa shape index (κ2) is 3.20. The normalized spacial score (nSPS) is 15.2. The maximum atomic E-state index is 11.5. The lowest BCUT2D eigenvalue weighted by Crippen LogP contribution is -2.22. The number of hydrogen-bond donors (Lipinski definition) is 2. The Kier molecular flexibility index (Phi) is 2.04. The summed E-state index contributed by atoms with van der Waals surface area (Å²) in [7, 11) is 1.76. The molecule has 0 aliphatic heterocycles. The molecule has 2 N–H and O–H groups in total. The van der Waals surface area contributed by atoms with Gasteiger partial charge in [0.25, 0.3) is 5.56 Å². The molecule has 0 spiro atoms. The second-order valence-corrected chi connectivity index (χ2v) is 3.30. The van der Waals surface area contributed by atoms with Gasteiger partial charge >= 0.3 is 0 Å². The highest BCUT2D eigenvalue weighted by Gasteiger charge is 2.14. The summed E-state index contributed by atoms with van der Waals surface area (Å²) in [4.78, 5) is 18.5. The lowest BCUT2D eigenvalue weighted by Gasteiger charge is -2.13. The van der Waals surface area contributed by atoms with Crippen molar-refractivity contribution >= 4 is 5.95 Å². The summed E-state index contributed by atoms with van der Waals surface area (Å²) in [5.74, 6) is 0.575. The molecule has 0 saturated heterocycles. The van der Waals surface area contributed by atoms with Gasteiger partial charge in [0.15, 0.2) is 0 Å². The van der Waals surface area contributed by atoms with E-state index in [1.165, 1.54) is 0 Å². The van der Waals surface area contributed by atoms with Crippen LogP contribution in [0.5, 0.6) is 0 Å². The van der Waals surface area contributed by atoms with Crippen molar-refractivity contribution in [1.29, 1.82) is 0 Å². The smallest absolute Gasteiger partial charge is 0.255 e. The summed E-state index contributed by atoms with van der Waals surface area (Å²) < 4.78 is 0. The third-order valence-corrected chi connectivity index (χ3v) is 2.43. The van der Waals surface area contributed by atoms with E-state index in [2.05, 4.69) is 15.3 Å². The summed E-state index contributed by atoms with van der Waals surface area (Å²) in [6.45, 7) is 0. The van der Waals surface area contributed by atoms with E-state index in [4.69, 9.17) is 0 Å². The van der Waals surface area contributed by atoms with E-state index in [1.54, 1.807) is 7.05 Å². The van der Waals surface area contributed by atoms with Gasteiger partial charge in [0.2, 0.25) is 5.95 Å². The summed E-state index contributed by atoms with van der Waals surface area (Å²) in [5, 5.41) is 2.85. The Morgan fingerprint density at radius 2 is 2.15 bits per heavy atom. The molecular weight excluding hydrogens is 166 g/mol. The highest BCUT2D eigenvalue weighted by molar-refractivity contribution is 5.30. The molecule has 0 radical (unpaired) electrons. The molecule has 1 aliphatic rings. The molecule has 0 fully saturated rings. The van der Waals surface area contributed by atoms with Gasteiger partial charge in [-0.3, -0.25) is 9.78 Å². The summed E-state index contributed by atoms with van der Waals surface area (Å²) in [5.41, 5.74) is 1.87. The van der Waals surface area contributed by atoms with Crippen LogP contribution in [0, 0.1) is 0 Å². The maximum Gasteiger partial charge on any atom is 0.255 e. The van der Waals surface area contributed by atoms with E-state index in [9.17, 15) is 4.79 Å². The largest absolute Gasteiger partial charge is 0.359 e. The van der Waals surface area contributed by atoms with Crippen molar-refractivity contribution in [3.8, 4) is 0 Å². The van der Waals surface area contributed by atoms with Crippen molar-refractivity contribution in [3.05, 3.63) is 21.6 Å². The predicted octanol–water partition coefficient (Wildman–Crippen LogP) is 0.690. The van der Waals surface area contributed by atoms with Gasteiger partial charge < -0.3 is 5.32 Å². The zero-order valence-corrected chi connectivity index (χ0v) is 7.68. The highest BCUT2D eigenvalue weighted by Crippen LogP contribution is 2.16. The van der Waals surface area contributed by atoms with Gasteiger partial charge in [-0.05, 0) is 25.7 Å². The molecule has 2 rings (SSSR count). The van der Waals surface area contributed by atoms with Crippen LogP contribution in [-0.4, -0.2) is 17.0 Å². The third kappa shape index (κ3) is 1.43. The van der Waals surface area contributed by atoms with Gasteiger partial charge in [0.05, 0.1) is 5.69 Å². The predicted molar refractivity (Wildman–Crippen MR) is 51.0 cm³/mol. The Balaban J connectivity index is 2.53. The zero-order chi connectivity index (χ0) is 9.26. The molecule has 13 heavy (non-hydrogen) atoms. The number of nitrogens with zero attached hydrogens (tertiary/aromatic N) is 1. The molecule has 1 aromatic rings. The number of fused-ring (bicyclic) bond motifs is 1. The summed E-state index contributed by atoms with van der Waals surface area (Å²) in [6, 6.07) is 0. The van der Waals surface area contributed by atoms with Crippen molar-refractivity contribution in [1.82, 2.24) is 9.97 Å². The van der Waals surface area contributed by atoms with Gasteiger partial charge in [-0.1, -0.05) is 0 Å². The van der Waals surface area contributed by atoms with Gasteiger partial charge in [-0.25, -0.2) is 4.98 Å². The van der Waals surface area contributed by atoms with Gasteiger partial charge in [0.1, 0.15) is 0 Å². The van der Waals surface area contributed by atoms with E-state index < -0.39 is 0 Å². The van der Waals surface area contributed by atoms with Gasteiger partial charge in [0, 0.05) is 12.6 Å². The standard InChI is InChI=1S/C9H13N3O/c1-10-9-11-7-5-3-2-4-6(7)8(13)12-9/h2-5H2,1H3,(H2,10,11,12,13). The topological polar surface area (TPSA) is 57.8 Å². The first-order chi connectivity index (χ1) is 6.31. The quantitative estimate of drug-likeness (QED) is 0.667. The molecule has 0 amide bonds. The average molecular weight is 179 g/mol. The first-order valence-corrected chi connectivity index (χ1v) is 4.61. The Bertz CT molecular complexity index is 370.